The van der Waals surface area contributed by atoms with Crippen molar-refractivity contribution in [3.63, 3.8) is 0 Å². The summed E-state index contributed by atoms with van der Waals surface area (Å²) in [5.74, 6) is 11.2. The predicted molar refractivity (Wildman–Crippen MR) is 83.6 cm³/mol. The van der Waals surface area contributed by atoms with E-state index < -0.39 is 11.4 Å². The second-order valence-electron chi connectivity index (χ2n) is 3.78. The van der Waals surface area contributed by atoms with Crippen LogP contribution in [-0.2, 0) is 0 Å². The van der Waals surface area contributed by atoms with Crippen LogP contribution in [0.15, 0.2) is 22.0 Å². The van der Waals surface area contributed by atoms with E-state index in [1.165, 1.54) is 12.4 Å². The van der Waals surface area contributed by atoms with Gasteiger partial charge in [-0.2, -0.15) is 0 Å². The number of H-pyrrole nitrogens is 2. The van der Waals surface area contributed by atoms with Crippen LogP contribution < -0.4 is 22.8 Å². The molecule has 2 heterocycles. The molecule has 0 bridgehead atoms. The highest BCUT2D eigenvalue weighted by molar-refractivity contribution is 5.48. The molecule has 0 fully saturated rings. The summed E-state index contributed by atoms with van der Waals surface area (Å²) in [7, 11) is 0. The number of aromatic nitrogens is 4. The Labute approximate surface area is 126 Å². The molecule has 0 unspecified atom stereocenters. The van der Waals surface area contributed by atoms with Crippen LogP contribution in [0.4, 0.5) is 11.6 Å². The van der Waals surface area contributed by atoms with Gasteiger partial charge in [0.1, 0.15) is 11.6 Å². The van der Waals surface area contributed by atoms with Gasteiger partial charge in [-0.3, -0.25) is 9.97 Å². The molecule has 2 aromatic heterocycles. The molecule has 0 aliphatic heterocycles. The van der Waals surface area contributed by atoms with Gasteiger partial charge >= 0.3 is 11.4 Å². The summed E-state index contributed by atoms with van der Waals surface area (Å²) in [5.41, 5.74) is 11.0. The van der Waals surface area contributed by atoms with E-state index in [1.807, 2.05) is 0 Å². The number of nitrogen functional groups attached to an aromatic ring is 2. The van der Waals surface area contributed by atoms with Crippen molar-refractivity contribution in [2.24, 2.45) is 0 Å². The van der Waals surface area contributed by atoms with Crippen LogP contribution in [0.2, 0.25) is 0 Å². The molecule has 8 nitrogen and oxygen atoms in total. The van der Waals surface area contributed by atoms with E-state index >= 15 is 0 Å². The summed E-state index contributed by atoms with van der Waals surface area (Å²) >= 11 is 0. The Morgan fingerprint density at radius 1 is 0.864 bits per heavy atom. The van der Waals surface area contributed by atoms with Crippen molar-refractivity contribution in [2.75, 3.05) is 11.5 Å². The molecule has 0 amide bonds. The number of nitrogens with one attached hydrogen (secondary N) is 2. The monoisotopic (exact) mass is 298 g/mol. The summed E-state index contributed by atoms with van der Waals surface area (Å²) < 4.78 is 0. The first kappa shape index (κ1) is 16.5. The second kappa shape index (κ2) is 7.92. The maximum Gasteiger partial charge on any atom is 0.346 e. The van der Waals surface area contributed by atoms with Crippen LogP contribution in [0.25, 0.3) is 0 Å². The van der Waals surface area contributed by atoms with Crippen LogP contribution in [0.1, 0.15) is 25.0 Å². The minimum Gasteiger partial charge on any atom is -0.384 e. The van der Waals surface area contributed by atoms with Gasteiger partial charge in [-0.1, -0.05) is 11.8 Å². The summed E-state index contributed by atoms with van der Waals surface area (Å²) in [6, 6.07) is 0. The van der Waals surface area contributed by atoms with Crippen molar-refractivity contribution in [3.8, 4) is 23.7 Å². The molecule has 0 aromatic carbocycles. The van der Waals surface area contributed by atoms with Gasteiger partial charge in [0.15, 0.2) is 0 Å². The molecule has 112 valence electrons. The molecule has 0 spiro atoms. The second-order valence-corrected chi connectivity index (χ2v) is 3.78. The van der Waals surface area contributed by atoms with Crippen LogP contribution in [0.3, 0.4) is 0 Å². The Bertz CT molecular complexity index is 814. The van der Waals surface area contributed by atoms with Gasteiger partial charge in [-0.05, 0) is 13.8 Å². The summed E-state index contributed by atoms with van der Waals surface area (Å²) in [6.45, 7) is 3.37. The highest BCUT2D eigenvalue weighted by Gasteiger charge is 1.95. The molecule has 0 radical (unpaired) electrons. The van der Waals surface area contributed by atoms with Crippen molar-refractivity contribution < 1.29 is 0 Å². The van der Waals surface area contributed by atoms with Crippen LogP contribution in [0, 0.1) is 23.7 Å². The first-order valence-electron chi connectivity index (χ1n) is 6.03. The largest absolute Gasteiger partial charge is 0.384 e. The number of anilines is 2. The molecule has 0 aliphatic rings. The van der Waals surface area contributed by atoms with Crippen molar-refractivity contribution >= 4 is 11.6 Å². The normalized spacial score (nSPS) is 8.45. The van der Waals surface area contributed by atoms with E-state index in [0.717, 1.165) is 0 Å². The van der Waals surface area contributed by atoms with Gasteiger partial charge in [0.2, 0.25) is 0 Å². The fourth-order valence-corrected chi connectivity index (χ4v) is 1.28. The molecule has 0 atom stereocenters. The van der Waals surface area contributed by atoms with Crippen LogP contribution in [0.5, 0.6) is 0 Å². The summed E-state index contributed by atoms with van der Waals surface area (Å²) in [4.78, 5) is 32.7. The van der Waals surface area contributed by atoms with Gasteiger partial charge in [0.25, 0.3) is 0 Å². The van der Waals surface area contributed by atoms with E-state index in [-0.39, 0.29) is 11.6 Å². The Morgan fingerprint density at radius 2 is 1.23 bits per heavy atom. The van der Waals surface area contributed by atoms with Gasteiger partial charge in [-0.25, -0.2) is 19.6 Å². The van der Waals surface area contributed by atoms with Crippen molar-refractivity contribution in [1.29, 1.82) is 0 Å². The van der Waals surface area contributed by atoms with E-state index in [2.05, 4.69) is 43.6 Å². The Hall–Kier alpha value is -3.52. The van der Waals surface area contributed by atoms with Crippen molar-refractivity contribution in [3.05, 3.63) is 44.5 Å². The average Bonchev–Trinajstić information content (AvgIpc) is 2.46. The Kier molecular flexibility index (Phi) is 5.95. The number of aromatic amines is 2. The third-order valence-electron chi connectivity index (χ3n) is 2.20. The van der Waals surface area contributed by atoms with E-state index in [9.17, 15) is 9.59 Å². The topological polar surface area (TPSA) is 144 Å². The van der Waals surface area contributed by atoms with E-state index in [1.54, 1.807) is 13.8 Å². The molecule has 8 heteroatoms. The smallest absolute Gasteiger partial charge is 0.346 e. The van der Waals surface area contributed by atoms with Crippen molar-refractivity contribution in [2.45, 2.75) is 13.8 Å². The maximum atomic E-state index is 10.6. The Morgan fingerprint density at radius 3 is 1.50 bits per heavy atom. The predicted octanol–water partition coefficient (Wildman–Crippen LogP) is -0.553. The third kappa shape index (κ3) is 4.87. The van der Waals surface area contributed by atoms with E-state index in [0.29, 0.717) is 11.1 Å². The zero-order valence-corrected chi connectivity index (χ0v) is 12.0. The number of nitrogens with zero attached hydrogens (tertiary/aromatic N) is 2. The fourth-order valence-electron chi connectivity index (χ4n) is 1.28. The first-order chi connectivity index (χ1) is 10.5. The number of rotatable bonds is 0. The fraction of sp³-hybridized carbons (Fsp3) is 0.143. The SMILES string of the molecule is CC#Cc1cnc(=O)[nH]c1N.CC#Cc1cnc(=O)[nH]c1N. The molecule has 0 saturated carbocycles. The molecule has 0 aliphatic carbocycles. The van der Waals surface area contributed by atoms with Crippen LogP contribution >= 0.6 is 0 Å². The average molecular weight is 298 g/mol. The molecule has 2 aromatic rings. The standard InChI is InChI=1S/2C7H7N3O/c2*1-2-3-5-4-9-7(11)10-6(5)8/h2*4H,1H3,(H3,8,9,10,11). The first-order valence-corrected chi connectivity index (χ1v) is 6.03. The summed E-state index contributed by atoms with van der Waals surface area (Å²) in [5, 5.41) is 0. The zero-order chi connectivity index (χ0) is 16.5. The molecular formula is C14H14N6O2. The van der Waals surface area contributed by atoms with Gasteiger partial charge in [0, 0.05) is 0 Å². The number of hydrogen-bond donors (Lipinski definition) is 4. The molecule has 2 rings (SSSR count). The van der Waals surface area contributed by atoms with Crippen molar-refractivity contribution in [1.82, 2.24) is 19.9 Å². The minimum atomic E-state index is -0.454. The zero-order valence-electron chi connectivity index (χ0n) is 12.0. The van der Waals surface area contributed by atoms with Gasteiger partial charge in [-0.15, -0.1) is 11.8 Å². The number of hydrogen-bond acceptors (Lipinski definition) is 6. The third-order valence-corrected chi connectivity index (χ3v) is 2.20. The number of nitrogens with two attached hydrogens (primary N) is 2. The van der Waals surface area contributed by atoms with E-state index in [4.69, 9.17) is 11.5 Å². The highest BCUT2D eigenvalue weighted by atomic mass is 16.1. The van der Waals surface area contributed by atoms with Gasteiger partial charge < -0.3 is 11.5 Å². The molecule has 22 heavy (non-hydrogen) atoms. The lowest BCUT2D eigenvalue weighted by Crippen LogP contribution is -2.12. The van der Waals surface area contributed by atoms with Crippen LogP contribution in [-0.4, -0.2) is 19.9 Å². The molecular weight excluding hydrogens is 284 g/mol. The lowest BCUT2D eigenvalue weighted by molar-refractivity contribution is 1.08. The molecule has 6 N–H and O–H groups in total. The lowest BCUT2D eigenvalue weighted by Gasteiger charge is -1.93. The van der Waals surface area contributed by atoms with Gasteiger partial charge in [0.05, 0.1) is 23.5 Å². The quantitative estimate of drug-likeness (QED) is 0.480. The lowest BCUT2D eigenvalue weighted by atomic mass is 10.3. The Balaban J connectivity index is 0.000000220. The highest BCUT2D eigenvalue weighted by Crippen LogP contribution is 1.99. The summed E-state index contributed by atoms with van der Waals surface area (Å²) in [6.07, 6.45) is 2.70. The maximum absolute atomic E-state index is 10.6. The minimum absolute atomic E-state index is 0.263. The molecule has 0 saturated heterocycles.